The number of carboxylic acid groups (broad SMARTS) is 1. The van der Waals surface area contributed by atoms with Gasteiger partial charge in [0.15, 0.2) is 0 Å². The monoisotopic (exact) mass is 374 g/mol. The Balaban J connectivity index is 2.41. The highest BCUT2D eigenvalue weighted by atomic mass is 79.9. The van der Waals surface area contributed by atoms with E-state index in [1.807, 2.05) is 0 Å². The van der Waals surface area contributed by atoms with Gasteiger partial charge in [0.2, 0.25) is 0 Å². The van der Waals surface area contributed by atoms with Crippen molar-refractivity contribution in [2.45, 2.75) is 18.3 Å². The number of nitro groups is 1. The second-order valence-corrected chi connectivity index (χ2v) is 6.62. The lowest BCUT2D eigenvalue weighted by Gasteiger charge is -2.25. The molecular formula is C12H11BrN2O5S. The average Bonchev–Trinajstić information content (AvgIpc) is 2.80. The molecule has 2 rings (SSSR count). The number of thioether (sulfide) groups is 1. The predicted molar refractivity (Wildman–Crippen MR) is 80.3 cm³/mol. The molecule has 1 amide bonds. The van der Waals surface area contributed by atoms with E-state index in [0.717, 1.165) is 6.07 Å². The number of rotatable bonds is 3. The van der Waals surface area contributed by atoms with Crippen LogP contribution in [0.1, 0.15) is 17.3 Å². The van der Waals surface area contributed by atoms with Gasteiger partial charge < -0.3 is 10.0 Å². The predicted octanol–water partition coefficient (Wildman–Crippen LogP) is 2.35. The van der Waals surface area contributed by atoms with Crippen LogP contribution in [0.15, 0.2) is 22.7 Å². The van der Waals surface area contributed by atoms with Crippen LogP contribution in [0, 0.1) is 10.1 Å². The van der Waals surface area contributed by atoms with Gasteiger partial charge in [-0.05, 0) is 28.9 Å². The van der Waals surface area contributed by atoms with E-state index in [1.54, 1.807) is 6.92 Å². The van der Waals surface area contributed by atoms with Crippen LogP contribution in [0.3, 0.4) is 0 Å². The van der Waals surface area contributed by atoms with E-state index in [1.165, 1.54) is 28.8 Å². The third-order valence-corrected chi connectivity index (χ3v) is 5.04. The summed E-state index contributed by atoms with van der Waals surface area (Å²) in [7, 11) is 0. The summed E-state index contributed by atoms with van der Waals surface area (Å²) in [5.41, 5.74) is -0.127. The molecule has 0 saturated carbocycles. The van der Waals surface area contributed by atoms with Gasteiger partial charge in [-0.3, -0.25) is 14.9 Å². The summed E-state index contributed by atoms with van der Waals surface area (Å²) in [6.07, 6.45) is 0. The maximum Gasteiger partial charge on any atom is 0.327 e. The molecule has 1 aromatic carbocycles. The zero-order valence-corrected chi connectivity index (χ0v) is 13.3. The fourth-order valence-electron chi connectivity index (χ4n) is 2.07. The number of carbonyl (C=O) groups is 2. The highest BCUT2D eigenvalue weighted by molar-refractivity contribution is 9.10. The van der Waals surface area contributed by atoms with Gasteiger partial charge in [0.05, 0.1) is 15.9 Å². The minimum Gasteiger partial charge on any atom is -0.480 e. The molecule has 21 heavy (non-hydrogen) atoms. The second kappa shape index (κ2) is 6.02. The minimum absolute atomic E-state index is 0.0878. The van der Waals surface area contributed by atoms with Crippen LogP contribution < -0.4 is 0 Å². The number of aliphatic carboxylic acids is 1. The molecule has 9 heteroatoms. The van der Waals surface area contributed by atoms with E-state index < -0.39 is 22.8 Å². The van der Waals surface area contributed by atoms with Crippen molar-refractivity contribution < 1.29 is 19.6 Å². The molecule has 0 spiro atoms. The molecule has 1 aliphatic rings. The van der Waals surface area contributed by atoms with E-state index >= 15 is 0 Å². The lowest BCUT2D eigenvalue weighted by atomic mass is 10.1. The van der Waals surface area contributed by atoms with E-state index in [4.69, 9.17) is 0 Å². The highest BCUT2D eigenvalue weighted by Gasteiger charge is 2.40. The fraction of sp³-hybridized carbons (Fsp3) is 0.333. The van der Waals surface area contributed by atoms with Crippen LogP contribution in [0.2, 0.25) is 0 Å². The van der Waals surface area contributed by atoms with Crippen molar-refractivity contribution in [1.29, 1.82) is 0 Å². The van der Waals surface area contributed by atoms with Crippen molar-refractivity contribution >= 4 is 45.3 Å². The summed E-state index contributed by atoms with van der Waals surface area (Å²) < 4.78 is 0.395. The zero-order valence-electron chi connectivity index (χ0n) is 10.9. The van der Waals surface area contributed by atoms with E-state index in [9.17, 15) is 24.8 Å². The standard InChI is InChI=1S/C12H11BrN2O5S/c1-6-14(10(5-21-6)12(17)18)11(16)8-4-7(15(19)20)2-3-9(8)13/h2-4,6,10H,5H2,1H3,(H,17,18). The summed E-state index contributed by atoms with van der Waals surface area (Å²) in [6.45, 7) is 1.73. The SMILES string of the molecule is CC1SCC(C(=O)O)N1C(=O)c1cc([N+](=O)[O-])ccc1Br. The van der Waals surface area contributed by atoms with E-state index in [0.29, 0.717) is 10.2 Å². The molecule has 7 nitrogen and oxygen atoms in total. The number of hydrogen-bond acceptors (Lipinski definition) is 5. The molecule has 1 aliphatic heterocycles. The smallest absolute Gasteiger partial charge is 0.327 e. The molecule has 0 bridgehead atoms. The molecule has 2 unspecified atom stereocenters. The molecule has 112 valence electrons. The first kappa shape index (κ1) is 15.8. The number of halogens is 1. The van der Waals surface area contributed by atoms with Gasteiger partial charge in [0, 0.05) is 22.4 Å². The molecule has 1 heterocycles. The number of hydrogen-bond donors (Lipinski definition) is 1. The number of carboxylic acids is 1. The number of nitro benzene ring substituents is 1. The normalized spacial score (nSPS) is 21.3. The summed E-state index contributed by atoms with van der Waals surface area (Å²) in [4.78, 5) is 35.3. The summed E-state index contributed by atoms with van der Waals surface area (Å²) >= 11 is 4.54. The number of amides is 1. The van der Waals surface area contributed by atoms with Crippen LogP contribution in [0.25, 0.3) is 0 Å². The molecule has 1 fully saturated rings. The van der Waals surface area contributed by atoms with Crippen molar-refractivity contribution in [3.8, 4) is 0 Å². The van der Waals surface area contributed by atoms with Gasteiger partial charge in [-0.1, -0.05) is 0 Å². The Labute approximate surface area is 132 Å². The van der Waals surface area contributed by atoms with Gasteiger partial charge in [0.25, 0.3) is 11.6 Å². The Morgan fingerprint density at radius 1 is 1.52 bits per heavy atom. The molecular weight excluding hydrogens is 364 g/mol. The van der Waals surface area contributed by atoms with Crippen molar-refractivity contribution in [2.75, 3.05) is 5.75 Å². The number of nitrogens with zero attached hydrogens (tertiary/aromatic N) is 2. The largest absolute Gasteiger partial charge is 0.480 e. The summed E-state index contributed by atoms with van der Waals surface area (Å²) in [5, 5.41) is 19.7. The van der Waals surface area contributed by atoms with Crippen molar-refractivity contribution in [3.05, 3.63) is 38.3 Å². The maximum absolute atomic E-state index is 12.6. The Hall–Kier alpha value is -1.61. The first-order valence-electron chi connectivity index (χ1n) is 5.94. The third-order valence-electron chi connectivity index (χ3n) is 3.13. The van der Waals surface area contributed by atoms with Gasteiger partial charge in [-0.15, -0.1) is 11.8 Å². The highest BCUT2D eigenvalue weighted by Crippen LogP contribution is 2.32. The Morgan fingerprint density at radius 2 is 2.19 bits per heavy atom. The van der Waals surface area contributed by atoms with E-state index in [-0.39, 0.29) is 16.6 Å². The lowest BCUT2D eigenvalue weighted by Crippen LogP contribution is -2.44. The molecule has 0 radical (unpaired) electrons. The van der Waals surface area contributed by atoms with Crippen LogP contribution in [-0.2, 0) is 4.79 Å². The minimum atomic E-state index is -1.08. The van der Waals surface area contributed by atoms with Crippen molar-refractivity contribution in [1.82, 2.24) is 4.90 Å². The van der Waals surface area contributed by atoms with Crippen LogP contribution in [0.4, 0.5) is 5.69 Å². The molecule has 0 aromatic heterocycles. The van der Waals surface area contributed by atoms with Crippen LogP contribution in [-0.4, -0.2) is 44.0 Å². The number of benzene rings is 1. The number of carbonyl (C=O) groups excluding carboxylic acids is 1. The molecule has 1 aromatic rings. The summed E-state index contributed by atoms with van der Waals surface area (Å²) in [5.74, 6) is -1.31. The van der Waals surface area contributed by atoms with Gasteiger partial charge in [-0.2, -0.15) is 0 Å². The summed E-state index contributed by atoms with van der Waals surface area (Å²) in [6, 6.07) is 2.91. The van der Waals surface area contributed by atoms with Crippen molar-refractivity contribution in [2.24, 2.45) is 0 Å². The van der Waals surface area contributed by atoms with E-state index in [2.05, 4.69) is 15.9 Å². The number of non-ortho nitro benzene ring substituents is 1. The van der Waals surface area contributed by atoms with Crippen molar-refractivity contribution in [3.63, 3.8) is 0 Å². The Kier molecular flexibility index (Phi) is 4.52. The van der Waals surface area contributed by atoms with Crippen LogP contribution >= 0.6 is 27.7 Å². The third kappa shape index (κ3) is 3.03. The Morgan fingerprint density at radius 3 is 2.76 bits per heavy atom. The maximum atomic E-state index is 12.6. The Bertz CT molecular complexity index is 624. The topological polar surface area (TPSA) is 101 Å². The molecule has 1 saturated heterocycles. The first-order chi connectivity index (χ1) is 9.82. The quantitative estimate of drug-likeness (QED) is 0.643. The second-order valence-electron chi connectivity index (χ2n) is 4.42. The van der Waals surface area contributed by atoms with Crippen LogP contribution in [0.5, 0.6) is 0 Å². The van der Waals surface area contributed by atoms with Gasteiger partial charge in [0.1, 0.15) is 6.04 Å². The zero-order chi connectivity index (χ0) is 15.7. The molecule has 1 N–H and O–H groups in total. The average molecular weight is 375 g/mol. The lowest BCUT2D eigenvalue weighted by molar-refractivity contribution is -0.384. The molecule has 2 atom stereocenters. The fourth-order valence-corrected chi connectivity index (χ4v) is 3.65. The first-order valence-corrected chi connectivity index (χ1v) is 7.78. The molecule has 0 aliphatic carbocycles. The van der Waals surface area contributed by atoms with Gasteiger partial charge in [-0.25, -0.2) is 4.79 Å². The van der Waals surface area contributed by atoms with Gasteiger partial charge >= 0.3 is 5.97 Å².